The minimum Gasteiger partial charge on any atom is -0.462 e. The minimum atomic E-state index is -5.80. The number of carbonyl (C=O) groups excluding carboxylic acids is 1. The van der Waals surface area contributed by atoms with Crippen LogP contribution in [0.3, 0.4) is 0 Å². The molecule has 1 aromatic heterocycles. The van der Waals surface area contributed by atoms with Crippen molar-refractivity contribution in [1.29, 1.82) is 0 Å². The van der Waals surface area contributed by atoms with E-state index in [1.165, 1.54) is 31.2 Å². The third-order valence-corrected chi connectivity index (χ3v) is 3.49. The predicted octanol–water partition coefficient (Wildman–Crippen LogP) is 4.69. The van der Waals surface area contributed by atoms with E-state index < -0.39 is 46.8 Å². The molecule has 10 heteroatoms. The first-order chi connectivity index (χ1) is 12.5. The van der Waals surface area contributed by atoms with E-state index in [4.69, 9.17) is 4.42 Å². The van der Waals surface area contributed by atoms with Crippen molar-refractivity contribution in [3.63, 3.8) is 0 Å². The maximum Gasteiger partial charge on any atom is 0.404 e. The lowest BCUT2D eigenvalue weighted by Gasteiger charge is -2.24. The molecular weight excluding hydrogens is 382 g/mol. The number of hydrogen-bond donors (Lipinski definition) is 0. The second kappa shape index (κ2) is 7.45. The van der Waals surface area contributed by atoms with Crippen LogP contribution in [-0.4, -0.2) is 24.9 Å². The molecular formula is C17H12F6O4. The zero-order valence-corrected chi connectivity index (χ0v) is 13.6. The molecule has 0 aliphatic heterocycles. The summed E-state index contributed by atoms with van der Waals surface area (Å²) < 4.78 is 88.4. The summed E-state index contributed by atoms with van der Waals surface area (Å²) in [5.74, 6) is -6.22. The molecule has 27 heavy (non-hydrogen) atoms. The highest BCUT2D eigenvalue weighted by atomic mass is 19.4. The number of ether oxygens (including phenoxy) is 1. The van der Waals surface area contributed by atoms with Crippen LogP contribution in [0.2, 0.25) is 0 Å². The van der Waals surface area contributed by atoms with Gasteiger partial charge in [-0.15, -0.1) is 0 Å². The molecule has 2 rings (SSSR count). The zero-order chi connectivity index (χ0) is 20.4. The fourth-order valence-electron chi connectivity index (χ4n) is 2.43. The van der Waals surface area contributed by atoms with Gasteiger partial charge >= 0.3 is 23.9 Å². The molecule has 0 bridgehead atoms. The molecule has 1 heterocycles. The van der Waals surface area contributed by atoms with Crippen molar-refractivity contribution < 1.29 is 40.3 Å². The molecule has 0 saturated heterocycles. The Bertz CT molecular complexity index is 854. The van der Waals surface area contributed by atoms with Crippen LogP contribution in [0.4, 0.5) is 26.3 Å². The Hall–Kier alpha value is -2.78. The Morgan fingerprint density at radius 1 is 1.07 bits per heavy atom. The van der Waals surface area contributed by atoms with Gasteiger partial charge in [-0.2, -0.15) is 26.3 Å². The summed E-state index contributed by atoms with van der Waals surface area (Å²) in [6.07, 6.45) is -11.6. The van der Waals surface area contributed by atoms with E-state index in [1.54, 1.807) is 6.07 Å². The summed E-state index contributed by atoms with van der Waals surface area (Å²) in [4.78, 5) is 24.0. The van der Waals surface area contributed by atoms with Crippen molar-refractivity contribution >= 4 is 5.97 Å². The van der Waals surface area contributed by atoms with Crippen LogP contribution >= 0.6 is 0 Å². The van der Waals surface area contributed by atoms with Gasteiger partial charge < -0.3 is 9.15 Å². The SMILES string of the molecule is CCOC(=O)c1c(C(C(F)(F)F)C(F)(F)F)cc(-c2ccccc2)oc1=O. The summed E-state index contributed by atoms with van der Waals surface area (Å²) in [5.41, 5.74) is -4.59. The van der Waals surface area contributed by atoms with Gasteiger partial charge in [-0.05, 0) is 18.6 Å². The van der Waals surface area contributed by atoms with Crippen molar-refractivity contribution in [3.05, 3.63) is 57.9 Å². The normalized spacial score (nSPS) is 12.3. The number of benzene rings is 1. The minimum absolute atomic E-state index is 0.0642. The van der Waals surface area contributed by atoms with Gasteiger partial charge in [0.15, 0.2) is 5.92 Å². The highest BCUT2D eigenvalue weighted by molar-refractivity contribution is 5.91. The lowest BCUT2D eigenvalue weighted by Crippen LogP contribution is -2.37. The van der Waals surface area contributed by atoms with E-state index in [0.29, 0.717) is 6.07 Å². The van der Waals surface area contributed by atoms with Crippen molar-refractivity contribution in [3.8, 4) is 11.3 Å². The zero-order valence-electron chi connectivity index (χ0n) is 13.6. The number of esters is 1. The van der Waals surface area contributed by atoms with Gasteiger partial charge in [-0.3, -0.25) is 0 Å². The standard InChI is InChI=1S/C17H12F6O4/c1-2-26-14(24)12-10(13(16(18,19)20)17(21,22)23)8-11(27-15(12)25)9-6-4-3-5-7-9/h3-8,13H,2H2,1H3. The molecule has 0 radical (unpaired) electrons. The highest BCUT2D eigenvalue weighted by Crippen LogP contribution is 2.47. The number of halogens is 6. The van der Waals surface area contributed by atoms with E-state index in [9.17, 15) is 35.9 Å². The summed E-state index contributed by atoms with van der Waals surface area (Å²) in [6.45, 7) is 0.920. The monoisotopic (exact) mass is 394 g/mol. The van der Waals surface area contributed by atoms with Gasteiger partial charge in [0.1, 0.15) is 11.3 Å². The molecule has 0 aliphatic rings. The Labute approximate surface area is 148 Å². The number of rotatable bonds is 4. The van der Waals surface area contributed by atoms with E-state index >= 15 is 0 Å². The Balaban J connectivity index is 2.83. The third-order valence-electron chi connectivity index (χ3n) is 3.49. The van der Waals surface area contributed by atoms with E-state index in [2.05, 4.69) is 4.74 Å². The average molecular weight is 394 g/mol. The molecule has 0 amide bonds. The lowest BCUT2D eigenvalue weighted by molar-refractivity contribution is -0.253. The van der Waals surface area contributed by atoms with Crippen LogP contribution in [0.1, 0.15) is 28.8 Å². The average Bonchev–Trinajstić information content (AvgIpc) is 2.52. The molecule has 146 valence electrons. The topological polar surface area (TPSA) is 56.5 Å². The molecule has 0 saturated carbocycles. The maximum absolute atomic E-state index is 13.2. The van der Waals surface area contributed by atoms with Crippen molar-refractivity contribution in [1.82, 2.24) is 0 Å². The van der Waals surface area contributed by atoms with Crippen molar-refractivity contribution in [2.45, 2.75) is 25.2 Å². The van der Waals surface area contributed by atoms with Gasteiger partial charge in [0.25, 0.3) is 0 Å². The Kier molecular flexibility index (Phi) is 5.67. The first-order valence-corrected chi connectivity index (χ1v) is 7.50. The summed E-state index contributed by atoms with van der Waals surface area (Å²) in [6, 6.07) is 7.47. The summed E-state index contributed by atoms with van der Waals surface area (Å²) >= 11 is 0. The van der Waals surface area contributed by atoms with Crippen LogP contribution < -0.4 is 5.63 Å². The summed E-state index contributed by atoms with van der Waals surface area (Å²) in [5, 5.41) is 0. The fourth-order valence-corrected chi connectivity index (χ4v) is 2.43. The Morgan fingerprint density at radius 3 is 2.11 bits per heavy atom. The molecule has 2 aromatic rings. The molecule has 4 nitrogen and oxygen atoms in total. The number of hydrogen-bond acceptors (Lipinski definition) is 4. The fraction of sp³-hybridized carbons (Fsp3) is 0.294. The number of alkyl halides is 6. The van der Waals surface area contributed by atoms with Gasteiger partial charge in [0.2, 0.25) is 0 Å². The van der Waals surface area contributed by atoms with Crippen LogP contribution in [0.15, 0.2) is 45.6 Å². The largest absolute Gasteiger partial charge is 0.462 e. The molecule has 0 atom stereocenters. The van der Waals surface area contributed by atoms with Crippen LogP contribution in [0.5, 0.6) is 0 Å². The van der Waals surface area contributed by atoms with Gasteiger partial charge in [0.05, 0.1) is 6.61 Å². The second-order valence-corrected chi connectivity index (χ2v) is 5.33. The van der Waals surface area contributed by atoms with Gasteiger partial charge in [0, 0.05) is 5.56 Å². The molecule has 0 spiro atoms. The number of carbonyl (C=O) groups is 1. The van der Waals surface area contributed by atoms with Crippen molar-refractivity contribution in [2.75, 3.05) is 6.61 Å². The first-order valence-electron chi connectivity index (χ1n) is 7.50. The van der Waals surface area contributed by atoms with Crippen molar-refractivity contribution in [2.24, 2.45) is 0 Å². The highest BCUT2D eigenvalue weighted by Gasteiger charge is 2.59. The van der Waals surface area contributed by atoms with E-state index in [0.717, 1.165) is 0 Å². The smallest absolute Gasteiger partial charge is 0.404 e. The molecule has 0 unspecified atom stereocenters. The maximum atomic E-state index is 13.2. The predicted molar refractivity (Wildman–Crippen MR) is 81.2 cm³/mol. The van der Waals surface area contributed by atoms with E-state index in [1.807, 2.05) is 0 Å². The third kappa shape index (κ3) is 4.50. The first kappa shape index (κ1) is 20.5. The molecule has 1 aromatic carbocycles. The van der Waals surface area contributed by atoms with E-state index in [-0.39, 0.29) is 12.2 Å². The molecule has 0 N–H and O–H groups in total. The van der Waals surface area contributed by atoms with Crippen LogP contribution in [-0.2, 0) is 4.74 Å². The second-order valence-electron chi connectivity index (χ2n) is 5.33. The van der Waals surface area contributed by atoms with Gasteiger partial charge in [-0.25, -0.2) is 9.59 Å². The molecule has 0 fully saturated rings. The Morgan fingerprint density at radius 2 is 1.63 bits per heavy atom. The molecule has 0 aliphatic carbocycles. The summed E-state index contributed by atoms with van der Waals surface area (Å²) in [7, 11) is 0. The quantitative estimate of drug-likeness (QED) is 0.558. The van der Waals surface area contributed by atoms with Crippen LogP contribution in [0, 0.1) is 0 Å². The van der Waals surface area contributed by atoms with Gasteiger partial charge in [-0.1, -0.05) is 30.3 Å². The lowest BCUT2D eigenvalue weighted by atomic mass is 9.93. The van der Waals surface area contributed by atoms with Crippen LogP contribution in [0.25, 0.3) is 11.3 Å².